The number of aliphatic hydroxyl groups is 1. The number of hydrogen-bond donors (Lipinski definition) is 1. The van der Waals surface area contributed by atoms with Gasteiger partial charge in [-0.05, 0) is 56.0 Å². The molecule has 0 spiro atoms. The van der Waals surface area contributed by atoms with Gasteiger partial charge in [0, 0.05) is 24.3 Å². The Bertz CT molecular complexity index is 706. The molecule has 0 aliphatic carbocycles. The molecule has 0 aromatic heterocycles. The largest absolute Gasteiger partial charge is 0.388 e. The fraction of sp³-hybridized carbons (Fsp3) is 0.350. The number of carbonyl (C=O) groups excluding carboxylic acids is 1. The zero-order valence-corrected chi connectivity index (χ0v) is 13.7. The average Bonchev–Trinajstić information content (AvgIpc) is 2.95. The van der Waals surface area contributed by atoms with Crippen LogP contribution in [0.5, 0.6) is 0 Å². The summed E-state index contributed by atoms with van der Waals surface area (Å²) in [6.07, 6.45) is 1.24. The van der Waals surface area contributed by atoms with Crippen LogP contribution in [0.1, 0.15) is 46.5 Å². The number of aryl methyl sites for hydroxylation is 1. The van der Waals surface area contributed by atoms with Gasteiger partial charge in [0.25, 0.3) is 0 Å². The molecule has 1 atom stereocenters. The Labute approximate surface area is 137 Å². The van der Waals surface area contributed by atoms with E-state index in [1.54, 1.807) is 6.92 Å². The summed E-state index contributed by atoms with van der Waals surface area (Å²) in [4.78, 5) is 13.8. The van der Waals surface area contributed by atoms with E-state index in [1.807, 2.05) is 49.4 Å². The Hall–Kier alpha value is -2.13. The van der Waals surface area contributed by atoms with Crippen LogP contribution in [0.4, 0.5) is 5.69 Å². The third-order valence-corrected chi connectivity index (χ3v) is 4.61. The zero-order chi connectivity index (χ0) is 16.4. The predicted molar refractivity (Wildman–Crippen MR) is 93.1 cm³/mol. The summed E-state index contributed by atoms with van der Waals surface area (Å²) >= 11 is 0. The average molecular weight is 309 g/mol. The predicted octanol–water partition coefficient (Wildman–Crippen LogP) is 3.68. The monoisotopic (exact) mass is 309 g/mol. The minimum absolute atomic E-state index is 0.112. The second-order valence-electron chi connectivity index (χ2n) is 6.35. The molecule has 3 rings (SSSR count). The molecule has 120 valence electrons. The van der Waals surface area contributed by atoms with E-state index in [1.165, 1.54) is 16.8 Å². The zero-order valence-electron chi connectivity index (χ0n) is 13.7. The summed E-state index contributed by atoms with van der Waals surface area (Å²) in [6, 6.07) is 14.0. The molecule has 1 unspecified atom stereocenters. The Morgan fingerprint density at radius 2 is 1.96 bits per heavy atom. The van der Waals surface area contributed by atoms with Gasteiger partial charge in [0.05, 0.1) is 6.10 Å². The molecule has 1 N–H and O–H groups in total. The van der Waals surface area contributed by atoms with Crippen molar-refractivity contribution in [3.8, 4) is 0 Å². The Morgan fingerprint density at radius 3 is 2.65 bits per heavy atom. The SMILES string of the molecule is CC(=O)c1ccc2c(c1)CCN2CCC(O)c1ccc(C)cc1. The summed E-state index contributed by atoms with van der Waals surface area (Å²) in [5.41, 5.74) is 5.40. The number of nitrogens with zero attached hydrogens (tertiary/aromatic N) is 1. The van der Waals surface area contributed by atoms with Crippen molar-refractivity contribution in [2.75, 3.05) is 18.0 Å². The molecular formula is C20H23NO2. The van der Waals surface area contributed by atoms with Crippen molar-refractivity contribution in [3.63, 3.8) is 0 Å². The number of benzene rings is 2. The Morgan fingerprint density at radius 1 is 1.22 bits per heavy atom. The standard InChI is InChI=1S/C20H23NO2/c1-14-3-5-16(6-4-14)20(23)10-12-21-11-9-18-13-17(15(2)22)7-8-19(18)21/h3-8,13,20,23H,9-12H2,1-2H3. The molecule has 23 heavy (non-hydrogen) atoms. The van der Waals surface area contributed by atoms with E-state index < -0.39 is 6.10 Å². The van der Waals surface area contributed by atoms with Crippen LogP contribution in [-0.4, -0.2) is 24.0 Å². The molecule has 2 aromatic rings. The van der Waals surface area contributed by atoms with E-state index in [-0.39, 0.29) is 5.78 Å². The maximum atomic E-state index is 11.5. The molecule has 0 amide bonds. The van der Waals surface area contributed by atoms with Gasteiger partial charge in [0.2, 0.25) is 0 Å². The van der Waals surface area contributed by atoms with Gasteiger partial charge in [-0.15, -0.1) is 0 Å². The maximum Gasteiger partial charge on any atom is 0.159 e. The molecule has 3 heteroatoms. The molecule has 2 aromatic carbocycles. The third kappa shape index (κ3) is 3.45. The first-order valence-corrected chi connectivity index (χ1v) is 8.18. The van der Waals surface area contributed by atoms with Crippen LogP contribution in [0.25, 0.3) is 0 Å². The van der Waals surface area contributed by atoms with Gasteiger partial charge < -0.3 is 10.0 Å². The lowest BCUT2D eigenvalue weighted by Crippen LogP contribution is -2.23. The van der Waals surface area contributed by atoms with Gasteiger partial charge in [-0.2, -0.15) is 0 Å². The first kappa shape index (κ1) is 15.8. The summed E-state index contributed by atoms with van der Waals surface area (Å²) in [5.74, 6) is 0.112. The molecule has 3 nitrogen and oxygen atoms in total. The highest BCUT2D eigenvalue weighted by molar-refractivity contribution is 5.94. The Kier molecular flexibility index (Phi) is 4.49. The molecule has 0 radical (unpaired) electrons. The molecular weight excluding hydrogens is 286 g/mol. The number of aliphatic hydroxyl groups excluding tert-OH is 1. The van der Waals surface area contributed by atoms with Crippen molar-refractivity contribution in [3.05, 3.63) is 64.7 Å². The topological polar surface area (TPSA) is 40.5 Å². The molecule has 1 heterocycles. The van der Waals surface area contributed by atoms with E-state index in [0.29, 0.717) is 6.42 Å². The van der Waals surface area contributed by atoms with Crippen LogP contribution in [0.3, 0.4) is 0 Å². The van der Waals surface area contributed by atoms with Crippen LogP contribution >= 0.6 is 0 Å². The third-order valence-electron chi connectivity index (χ3n) is 4.61. The number of anilines is 1. The Balaban J connectivity index is 1.64. The van der Waals surface area contributed by atoms with Crippen LogP contribution in [0.2, 0.25) is 0 Å². The van der Waals surface area contributed by atoms with Crippen molar-refractivity contribution in [1.29, 1.82) is 0 Å². The maximum absolute atomic E-state index is 11.5. The highest BCUT2D eigenvalue weighted by atomic mass is 16.3. The molecule has 0 fully saturated rings. The number of rotatable bonds is 5. The van der Waals surface area contributed by atoms with Crippen LogP contribution in [0.15, 0.2) is 42.5 Å². The first-order valence-electron chi connectivity index (χ1n) is 8.18. The van der Waals surface area contributed by atoms with Gasteiger partial charge >= 0.3 is 0 Å². The van der Waals surface area contributed by atoms with E-state index >= 15 is 0 Å². The molecule has 0 bridgehead atoms. The second-order valence-corrected chi connectivity index (χ2v) is 6.35. The number of ketones is 1. The van der Waals surface area contributed by atoms with Crippen LogP contribution < -0.4 is 4.90 Å². The van der Waals surface area contributed by atoms with E-state index in [0.717, 1.165) is 30.6 Å². The van der Waals surface area contributed by atoms with E-state index in [9.17, 15) is 9.90 Å². The smallest absolute Gasteiger partial charge is 0.159 e. The molecule has 0 saturated carbocycles. The number of Topliss-reactive ketones (excluding diaryl/α,β-unsaturated/α-hetero) is 1. The van der Waals surface area contributed by atoms with Crippen LogP contribution in [-0.2, 0) is 6.42 Å². The highest BCUT2D eigenvalue weighted by Crippen LogP contribution is 2.30. The number of hydrogen-bond acceptors (Lipinski definition) is 3. The van der Waals surface area contributed by atoms with Crippen LogP contribution in [0, 0.1) is 6.92 Å². The molecule has 1 aliphatic heterocycles. The van der Waals surface area contributed by atoms with Gasteiger partial charge in [0.15, 0.2) is 5.78 Å². The van der Waals surface area contributed by atoms with Crippen molar-refractivity contribution in [1.82, 2.24) is 0 Å². The fourth-order valence-electron chi connectivity index (χ4n) is 3.15. The number of fused-ring (bicyclic) bond motifs is 1. The van der Waals surface area contributed by atoms with Crippen molar-refractivity contribution in [2.24, 2.45) is 0 Å². The molecule has 1 aliphatic rings. The highest BCUT2D eigenvalue weighted by Gasteiger charge is 2.20. The van der Waals surface area contributed by atoms with Crippen molar-refractivity contribution < 1.29 is 9.90 Å². The molecule has 0 saturated heterocycles. The summed E-state index contributed by atoms with van der Waals surface area (Å²) in [6.45, 7) is 5.43. The first-order chi connectivity index (χ1) is 11.0. The van der Waals surface area contributed by atoms with Crippen molar-refractivity contribution in [2.45, 2.75) is 32.8 Å². The van der Waals surface area contributed by atoms with Gasteiger partial charge in [0.1, 0.15) is 0 Å². The van der Waals surface area contributed by atoms with Crippen molar-refractivity contribution >= 4 is 11.5 Å². The van der Waals surface area contributed by atoms with Gasteiger partial charge in [-0.3, -0.25) is 4.79 Å². The van der Waals surface area contributed by atoms with E-state index in [4.69, 9.17) is 0 Å². The van der Waals surface area contributed by atoms with Gasteiger partial charge in [-0.25, -0.2) is 0 Å². The summed E-state index contributed by atoms with van der Waals surface area (Å²) in [7, 11) is 0. The number of carbonyl (C=O) groups is 1. The van der Waals surface area contributed by atoms with E-state index in [2.05, 4.69) is 4.90 Å². The van der Waals surface area contributed by atoms with Gasteiger partial charge in [-0.1, -0.05) is 29.8 Å². The summed E-state index contributed by atoms with van der Waals surface area (Å²) in [5, 5.41) is 10.4. The lowest BCUT2D eigenvalue weighted by Gasteiger charge is -2.21. The second kappa shape index (κ2) is 6.55. The normalized spacial score (nSPS) is 14.7. The minimum Gasteiger partial charge on any atom is -0.388 e. The fourth-order valence-corrected chi connectivity index (χ4v) is 3.15. The quantitative estimate of drug-likeness (QED) is 0.857. The summed E-state index contributed by atoms with van der Waals surface area (Å²) < 4.78 is 0. The lowest BCUT2D eigenvalue weighted by atomic mass is 10.0. The lowest BCUT2D eigenvalue weighted by molar-refractivity contribution is 0.101. The minimum atomic E-state index is -0.434.